The van der Waals surface area contributed by atoms with E-state index >= 15 is 0 Å². The van der Waals surface area contributed by atoms with Gasteiger partial charge in [0.2, 0.25) is 0 Å². The summed E-state index contributed by atoms with van der Waals surface area (Å²) in [6.07, 6.45) is 0.475. The molecule has 1 aliphatic heterocycles. The van der Waals surface area contributed by atoms with Gasteiger partial charge in [-0.1, -0.05) is 12.1 Å². The molecule has 4 nitrogen and oxygen atoms in total. The molecule has 0 spiro atoms. The molecule has 0 aliphatic carbocycles. The van der Waals surface area contributed by atoms with Gasteiger partial charge in [-0.05, 0) is 17.7 Å². The Balaban J connectivity index is 1.72. The minimum atomic E-state index is -0.122. The smallest absolute Gasteiger partial charge is 0.306 e. The Hall–Kier alpha value is -1.55. The quantitative estimate of drug-likeness (QED) is 0.731. The summed E-state index contributed by atoms with van der Waals surface area (Å²) in [5.41, 5.74) is 1.09. The zero-order valence-corrected chi connectivity index (χ0v) is 9.85. The maximum absolute atomic E-state index is 10.9. The third-order valence-corrected chi connectivity index (χ3v) is 2.72. The Bertz CT molecular complexity index is 372. The average molecular weight is 236 g/mol. The summed E-state index contributed by atoms with van der Waals surface area (Å²) in [4.78, 5) is 10.9. The fourth-order valence-corrected chi connectivity index (χ4v) is 1.74. The van der Waals surface area contributed by atoms with Crippen molar-refractivity contribution in [2.45, 2.75) is 13.0 Å². The number of cyclic esters (lactones) is 1. The molecule has 1 saturated heterocycles. The molecule has 0 amide bonds. The topological polar surface area (TPSA) is 44.8 Å². The molecule has 1 heterocycles. The standard InChI is InChI=1S/C13H16O4/c1-15-12-4-2-10(3-5-12)7-16-8-11-6-13(14)17-9-11/h2-5,11H,6-9H2,1H3. The molecule has 1 atom stereocenters. The lowest BCUT2D eigenvalue weighted by atomic mass is 10.1. The van der Waals surface area contributed by atoms with Crippen molar-refractivity contribution in [2.75, 3.05) is 20.3 Å². The summed E-state index contributed by atoms with van der Waals surface area (Å²) in [7, 11) is 1.64. The predicted octanol–water partition coefficient (Wildman–Crippen LogP) is 1.77. The summed E-state index contributed by atoms with van der Waals surface area (Å²) in [5, 5.41) is 0. The highest BCUT2D eigenvalue weighted by atomic mass is 16.5. The number of hydrogen-bond donors (Lipinski definition) is 0. The molecule has 0 aromatic heterocycles. The minimum Gasteiger partial charge on any atom is -0.497 e. The van der Waals surface area contributed by atoms with E-state index in [0.29, 0.717) is 26.2 Å². The molecule has 0 radical (unpaired) electrons. The van der Waals surface area contributed by atoms with Crippen molar-refractivity contribution in [1.82, 2.24) is 0 Å². The van der Waals surface area contributed by atoms with E-state index in [4.69, 9.17) is 14.2 Å². The van der Waals surface area contributed by atoms with Crippen LogP contribution in [0.4, 0.5) is 0 Å². The van der Waals surface area contributed by atoms with Crippen molar-refractivity contribution in [3.05, 3.63) is 29.8 Å². The average Bonchev–Trinajstić information content (AvgIpc) is 2.76. The number of rotatable bonds is 5. The molecule has 1 aromatic rings. The van der Waals surface area contributed by atoms with Crippen molar-refractivity contribution in [1.29, 1.82) is 0 Å². The molecule has 1 unspecified atom stereocenters. The van der Waals surface area contributed by atoms with Gasteiger partial charge in [-0.25, -0.2) is 0 Å². The second kappa shape index (κ2) is 5.68. The number of methoxy groups -OCH3 is 1. The first-order valence-electron chi connectivity index (χ1n) is 5.64. The van der Waals surface area contributed by atoms with Crippen LogP contribution < -0.4 is 4.74 Å². The van der Waals surface area contributed by atoms with E-state index in [9.17, 15) is 4.79 Å². The van der Waals surface area contributed by atoms with Crippen LogP contribution in [0.3, 0.4) is 0 Å². The van der Waals surface area contributed by atoms with Gasteiger partial charge in [0.1, 0.15) is 5.75 Å². The van der Waals surface area contributed by atoms with Gasteiger partial charge in [-0.15, -0.1) is 0 Å². The number of carbonyl (C=O) groups is 1. The van der Waals surface area contributed by atoms with Crippen LogP contribution in [0.1, 0.15) is 12.0 Å². The van der Waals surface area contributed by atoms with Crippen LogP contribution in [0.25, 0.3) is 0 Å². The van der Waals surface area contributed by atoms with Gasteiger partial charge >= 0.3 is 5.97 Å². The van der Waals surface area contributed by atoms with Crippen LogP contribution >= 0.6 is 0 Å². The molecule has 92 valence electrons. The Morgan fingerprint density at radius 1 is 1.35 bits per heavy atom. The van der Waals surface area contributed by atoms with E-state index in [1.165, 1.54) is 0 Å². The molecular weight excluding hydrogens is 220 g/mol. The summed E-state index contributed by atoms with van der Waals surface area (Å²) in [5.74, 6) is 0.923. The van der Waals surface area contributed by atoms with Gasteiger partial charge in [0.25, 0.3) is 0 Å². The molecule has 4 heteroatoms. The summed E-state index contributed by atoms with van der Waals surface area (Å²) < 4.78 is 15.5. The summed E-state index contributed by atoms with van der Waals surface area (Å²) in [6, 6.07) is 7.74. The maximum atomic E-state index is 10.9. The number of benzene rings is 1. The highest BCUT2D eigenvalue weighted by molar-refractivity contribution is 5.71. The zero-order valence-electron chi connectivity index (χ0n) is 9.85. The van der Waals surface area contributed by atoms with Crippen LogP contribution in [0, 0.1) is 5.92 Å². The van der Waals surface area contributed by atoms with Crippen LogP contribution in [0.2, 0.25) is 0 Å². The molecule has 0 saturated carbocycles. The zero-order chi connectivity index (χ0) is 12.1. The number of esters is 1. The molecule has 17 heavy (non-hydrogen) atoms. The van der Waals surface area contributed by atoms with Gasteiger partial charge in [0, 0.05) is 5.92 Å². The lowest BCUT2D eigenvalue weighted by Gasteiger charge is -2.08. The van der Waals surface area contributed by atoms with E-state index in [-0.39, 0.29) is 11.9 Å². The van der Waals surface area contributed by atoms with E-state index in [0.717, 1.165) is 11.3 Å². The largest absolute Gasteiger partial charge is 0.497 e. The fourth-order valence-electron chi connectivity index (χ4n) is 1.74. The molecule has 0 N–H and O–H groups in total. The second-order valence-corrected chi connectivity index (χ2v) is 4.12. The molecule has 1 fully saturated rings. The van der Waals surface area contributed by atoms with Gasteiger partial charge in [0.05, 0.1) is 33.4 Å². The Morgan fingerprint density at radius 3 is 2.71 bits per heavy atom. The van der Waals surface area contributed by atoms with Gasteiger partial charge in [-0.2, -0.15) is 0 Å². The number of carbonyl (C=O) groups excluding carboxylic acids is 1. The summed E-state index contributed by atoms with van der Waals surface area (Å²) in [6.45, 7) is 1.61. The number of hydrogen-bond acceptors (Lipinski definition) is 4. The van der Waals surface area contributed by atoms with Crippen molar-refractivity contribution in [2.24, 2.45) is 5.92 Å². The Kier molecular flexibility index (Phi) is 3.98. The Morgan fingerprint density at radius 2 is 2.12 bits per heavy atom. The van der Waals surface area contributed by atoms with Crippen LogP contribution in [0.15, 0.2) is 24.3 Å². The molecule has 2 rings (SSSR count). The molecule has 0 bridgehead atoms. The first-order valence-corrected chi connectivity index (χ1v) is 5.64. The monoisotopic (exact) mass is 236 g/mol. The van der Waals surface area contributed by atoms with E-state index in [1.54, 1.807) is 7.11 Å². The first-order chi connectivity index (χ1) is 8.28. The molecule has 1 aromatic carbocycles. The predicted molar refractivity (Wildman–Crippen MR) is 61.7 cm³/mol. The highest BCUT2D eigenvalue weighted by Crippen LogP contribution is 2.16. The van der Waals surface area contributed by atoms with Crippen molar-refractivity contribution in [3.8, 4) is 5.75 Å². The SMILES string of the molecule is COc1ccc(COCC2COC(=O)C2)cc1. The van der Waals surface area contributed by atoms with Crippen LogP contribution in [-0.4, -0.2) is 26.3 Å². The number of ether oxygens (including phenoxy) is 3. The first kappa shape index (κ1) is 11.9. The van der Waals surface area contributed by atoms with Gasteiger partial charge in [0.15, 0.2) is 0 Å². The minimum absolute atomic E-state index is 0.122. The van der Waals surface area contributed by atoms with Crippen molar-refractivity contribution in [3.63, 3.8) is 0 Å². The van der Waals surface area contributed by atoms with Crippen molar-refractivity contribution >= 4 is 5.97 Å². The van der Waals surface area contributed by atoms with E-state index in [2.05, 4.69) is 0 Å². The lowest BCUT2D eigenvalue weighted by Crippen LogP contribution is -2.09. The lowest BCUT2D eigenvalue weighted by molar-refractivity contribution is -0.137. The Labute approximate surface area is 100 Å². The van der Waals surface area contributed by atoms with E-state index in [1.807, 2.05) is 24.3 Å². The fraction of sp³-hybridized carbons (Fsp3) is 0.462. The summed E-state index contributed by atoms with van der Waals surface area (Å²) >= 11 is 0. The van der Waals surface area contributed by atoms with Crippen molar-refractivity contribution < 1.29 is 19.0 Å². The maximum Gasteiger partial charge on any atom is 0.306 e. The normalized spacial score (nSPS) is 19.1. The molecule has 1 aliphatic rings. The van der Waals surface area contributed by atoms with Gasteiger partial charge < -0.3 is 14.2 Å². The van der Waals surface area contributed by atoms with E-state index < -0.39 is 0 Å². The van der Waals surface area contributed by atoms with Crippen LogP contribution in [0.5, 0.6) is 5.75 Å². The van der Waals surface area contributed by atoms with Gasteiger partial charge in [-0.3, -0.25) is 4.79 Å². The third kappa shape index (κ3) is 3.46. The van der Waals surface area contributed by atoms with Crippen LogP contribution in [-0.2, 0) is 20.9 Å². The molecular formula is C13H16O4. The second-order valence-electron chi connectivity index (χ2n) is 4.12. The highest BCUT2D eigenvalue weighted by Gasteiger charge is 2.23. The third-order valence-electron chi connectivity index (χ3n) is 2.72.